The molecule has 4 aromatic rings. The summed E-state index contributed by atoms with van der Waals surface area (Å²) in [6, 6.07) is 17.6. The molecule has 0 aliphatic rings. The molecule has 2 aromatic heterocycles. The highest BCUT2D eigenvalue weighted by Crippen LogP contribution is 2.25. The van der Waals surface area contributed by atoms with Crippen molar-refractivity contribution in [2.45, 2.75) is 13.5 Å². The lowest BCUT2D eigenvalue weighted by Gasteiger charge is -2.10. The number of anilines is 1. The number of hydrogen-bond acceptors (Lipinski definition) is 6. The van der Waals surface area contributed by atoms with Crippen LogP contribution in [0.4, 0.5) is 11.4 Å². The van der Waals surface area contributed by atoms with Crippen LogP contribution in [0.1, 0.15) is 17.3 Å². The molecule has 0 unspecified atom stereocenters. The number of nitro benzene ring substituents is 1. The van der Waals surface area contributed by atoms with Crippen molar-refractivity contribution in [2.24, 2.45) is 0 Å². The van der Waals surface area contributed by atoms with Crippen LogP contribution in [0.3, 0.4) is 0 Å². The van der Waals surface area contributed by atoms with Crippen LogP contribution >= 0.6 is 0 Å². The largest absolute Gasteiger partial charge is 0.383 e. The number of fused-ring (bicyclic) bond motifs is 1. The number of pyridine rings is 1. The molecule has 32 heavy (non-hydrogen) atoms. The first-order valence-corrected chi connectivity index (χ1v) is 10.3. The number of nitrogens with zero attached hydrogens (tertiary/aromatic N) is 4. The second-order valence-corrected chi connectivity index (χ2v) is 7.11. The van der Waals surface area contributed by atoms with Gasteiger partial charge in [0.15, 0.2) is 5.65 Å². The average Bonchev–Trinajstić information content (AvgIpc) is 3.25. The molecule has 0 aliphatic heterocycles. The van der Waals surface area contributed by atoms with Gasteiger partial charge in [-0.2, -0.15) is 5.10 Å². The van der Waals surface area contributed by atoms with Gasteiger partial charge in [0.05, 0.1) is 27.8 Å². The number of rotatable bonds is 8. The van der Waals surface area contributed by atoms with Crippen molar-refractivity contribution in [3.05, 3.63) is 82.5 Å². The van der Waals surface area contributed by atoms with Crippen LogP contribution < -0.4 is 10.6 Å². The summed E-state index contributed by atoms with van der Waals surface area (Å²) in [6.07, 6.45) is 1.67. The Balaban J connectivity index is 1.49. The van der Waals surface area contributed by atoms with E-state index in [4.69, 9.17) is 4.98 Å². The molecule has 2 aromatic carbocycles. The van der Waals surface area contributed by atoms with Crippen molar-refractivity contribution in [1.82, 2.24) is 20.1 Å². The van der Waals surface area contributed by atoms with E-state index in [0.717, 1.165) is 11.3 Å². The first kappa shape index (κ1) is 21.0. The van der Waals surface area contributed by atoms with Gasteiger partial charge in [0.2, 0.25) is 0 Å². The number of aryl methyl sites for hydroxylation is 1. The molecule has 0 saturated heterocycles. The molecule has 0 saturated carbocycles. The number of carbonyl (C=O) groups is 1. The highest BCUT2D eigenvalue weighted by molar-refractivity contribution is 6.06. The Morgan fingerprint density at radius 2 is 1.84 bits per heavy atom. The number of benzene rings is 2. The van der Waals surface area contributed by atoms with E-state index in [-0.39, 0.29) is 11.6 Å². The second-order valence-electron chi connectivity index (χ2n) is 7.11. The van der Waals surface area contributed by atoms with Gasteiger partial charge in [-0.05, 0) is 25.1 Å². The summed E-state index contributed by atoms with van der Waals surface area (Å²) in [5, 5.41) is 21.9. The smallest absolute Gasteiger partial charge is 0.269 e. The maximum atomic E-state index is 13.0. The van der Waals surface area contributed by atoms with Crippen molar-refractivity contribution in [3.63, 3.8) is 0 Å². The molecule has 4 rings (SSSR count). The van der Waals surface area contributed by atoms with Gasteiger partial charge >= 0.3 is 0 Å². The van der Waals surface area contributed by atoms with E-state index in [0.29, 0.717) is 41.9 Å². The zero-order valence-corrected chi connectivity index (χ0v) is 17.5. The van der Waals surface area contributed by atoms with Crippen molar-refractivity contribution in [2.75, 3.05) is 18.4 Å². The zero-order valence-electron chi connectivity index (χ0n) is 17.5. The summed E-state index contributed by atoms with van der Waals surface area (Å²) in [4.78, 5) is 28.0. The monoisotopic (exact) mass is 430 g/mol. The Morgan fingerprint density at radius 1 is 1.09 bits per heavy atom. The Kier molecular flexibility index (Phi) is 6.07. The highest BCUT2D eigenvalue weighted by atomic mass is 16.6. The Bertz CT molecular complexity index is 1250. The molecule has 0 radical (unpaired) electrons. The third-order valence-corrected chi connectivity index (χ3v) is 5.04. The van der Waals surface area contributed by atoms with Crippen LogP contribution in [0.25, 0.3) is 22.3 Å². The third-order valence-electron chi connectivity index (χ3n) is 5.04. The SMILES string of the molecule is CCn1ncc2c(C(=O)NCCNc3ccc([N+](=O)[O-])cc3)cc(-c3ccccc3)nc21. The van der Waals surface area contributed by atoms with Crippen molar-refractivity contribution >= 4 is 28.3 Å². The molecule has 9 nitrogen and oxygen atoms in total. The fourth-order valence-electron chi connectivity index (χ4n) is 3.40. The van der Waals surface area contributed by atoms with Crippen LogP contribution in [0, 0.1) is 10.1 Å². The summed E-state index contributed by atoms with van der Waals surface area (Å²) in [7, 11) is 0. The van der Waals surface area contributed by atoms with Gasteiger partial charge in [0, 0.05) is 43.0 Å². The van der Waals surface area contributed by atoms with Gasteiger partial charge in [-0.25, -0.2) is 9.67 Å². The van der Waals surface area contributed by atoms with Gasteiger partial charge in [0.25, 0.3) is 11.6 Å². The molecule has 162 valence electrons. The number of amides is 1. The summed E-state index contributed by atoms with van der Waals surface area (Å²) in [5.41, 5.74) is 3.60. The molecule has 2 heterocycles. The van der Waals surface area contributed by atoms with Crippen LogP contribution in [0.5, 0.6) is 0 Å². The fourth-order valence-corrected chi connectivity index (χ4v) is 3.40. The summed E-state index contributed by atoms with van der Waals surface area (Å²) in [5.74, 6) is -0.212. The van der Waals surface area contributed by atoms with Crippen molar-refractivity contribution in [3.8, 4) is 11.3 Å². The average molecular weight is 430 g/mol. The maximum Gasteiger partial charge on any atom is 0.269 e. The molecular formula is C23H22N6O3. The molecule has 0 fully saturated rings. The molecule has 0 spiro atoms. The Hall–Kier alpha value is -4.27. The number of nitro groups is 1. The van der Waals surface area contributed by atoms with Gasteiger partial charge < -0.3 is 10.6 Å². The van der Waals surface area contributed by atoms with Gasteiger partial charge in [-0.15, -0.1) is 0 Å². The standard InChI is InChI=1S/C23H22N6O3/c1-2-28-22-20(15-26-28)19(14-21(27-22)16-6-4-3-5-7-16)23(30)25-13-12-24-17-8-10-18(11-9-17)29(31)32/h3-11,14-15,24H,2,12-13H2,1H3,(H,25,30). The van der Waals surface area contributed by atoms with E-state index in [1.54, 1.807) is 29.1 Å². The first-order valence-electron chi connectivity index (χ1n) is 10.3. The lowest BCUT2D eigenvalue weighted by molar-refractivity contribution is -0.384. The molecule has 0 bridgehead atoms. The van der Waals surface area contributed by atoms with E-state index in [1.807, 2.05) is 37.3 Å². The summed E-state index contributed by atoms with van der Waals surface area (Å²) >= 11 is 0. The highest BCUT2D eigenvalue weighted by Gasteiger charge is 2.17. The van der Waals surface area contributed by atoms with E-state index >= 15 is 0 Å². The zero-order chi connectivity index (χ0) is 22.5. The number of aromatic nitrogens is 3. The summed E-state index contributed by atoms with van der Waals surface area (Å²) in [6.45, 7) is 3.47. The minimum atomic E-state index is -0.441. The number of hydrogen-bond donors (Lipinski definition) is 2. The molecule has 1 amide bonds. The van der Waals surface area contributed by atoms with Gasteiger partial charge in [-0.1, -0.05) is 30.3 Å². The molecule has 9 heteroatoms. The lowest BCUT2D eigenvalue weighted by Crippen LogP contribution is -2.29. The normalized spacial score (nSPS) is 10.8. The minimum Gasteiger partial charge on any atom is -0.383 e. The predicted molar refractivity (Wildman–Crippen MR) is 123 cm³/mol. The number of carbonyl (C=O) groups excluding carboxylic acids is 1. The Morgan fingerprint density at radius 3 is 2.53 bits per heavy atom. The lowest BCUT2D eigenvalue weighted by atomic mass is 10.1. The van der Waals surface area contributed by atoms with Crippen molar-refractivity contribution < 1.29 is 9.72 Å². The van der Waals surface area contributed by atoms with E-state index in [9.17, 15) is 14.9 Å². The van der Waals surface area contributed by atoms with Crippen LogP contribution in [0.2, 0.25) is 0 Å². The van der Waals surface area contributed by atoms with Gasteiger partial charge in [0.1, 0.15) is 0 Å². The minimum absolute atomic E-state index is 0.0346. The van der Waals surface area contributed by atoms with Gasteiger partial charge in [-0.3, -0.25) is 14.9 Å². The topological polar surface area (TPSA) is 115 Å². The maximum absolute atomic E-state index is 13.0. The molecule has 0 atom stereocenters. The van der Waals surface area contributed by atoms with E-state index in [2.05, 4.69) is 15.7 Å². The summed E-state index contributed by atoms with van der Waals surface area (Å²) < 4.78 is 1.77. The van der Waals surface area contributed by atoms with Crippen LogP contribution in [0.15, 0.2) is 66.9 Å². The number of nitrogens with one attached hydrogen (secondary N) is 2. The Labute approximate surface area is 184 Å². The van der Waals surface area contributed by atoms with E-state index < -0.39 is 4.92 Å². The third kappa shape index (κ3) is 4.41. The first-order chi connectivity index (χ1) is 15.6. The van der Waals surface area contributed by atoms with Crippen LogP contribution in [-0.2, 0) is 6.54 Å². The van der Waals surface area contributed by atoms with E-state index in [1.165, 1.54) is 12.1 Å². The molecule has 0 aliphatic carbocycles. The van der Waals surface area contributed by atoms with Crippen molar-refractivity contribution in [1.29, 1.82) is 0 Å². The quantitative estimate of drug-likeness (QED) is 0.249. The molecule has 2 N–H and O–H groups in total. The second kappa shape index (κ2) is 9.25. The van der Waals surface area contributed by atoms with Crippen LogP contribution in [-0.4, -0.2) is 38.7 Å². The number of non-ortho nitro benzene ring substituents is 1. The fraction of sp³-hybridized carbons (Fsp3) is 0.174. The predicted octanol–water partition coefficient (Wildman–Crippen LogP) is 3.87. The molecular weight excluding hydrogens is 408 g/mol.